The third-order valence-corrected chi connectivity index (χ3v) is 3.61. The molecule has 0 saturated heterocycles. The molecule has 0 aliphatic heterocycles. The monoisotopic (exact) mass is 298 g/mol. The zero-order chi connectivity index (χ0) is 15.5. The first-order chi connectivity index (χ1) is 11.4. The summed E-state index contributed by atoms with van der Waals surface area (Å²) < 4.78 is 5.76. The number of aromatic nitrogens is 2. The molecule has 0 saturated carbocycles. The highest BCUT2D eigenvalue weighted by Gasteiger charge is 2.05. The summed E-state index contributed by atoms with van der Waals surface area (Å²) in [4.78, 5) is 8.62. The van der Waals surface area contributed by atoms with Crippen molar-refractivity contribution in [1.29, 1.82) is 0 Å². The van der Waals surface area contributed by atoms with Crippen LogP contribution < -0.4 is 0 Å². The Bertz CT molecular complexity index is 957. The van der Waals surface area contributed by atoms with Crippen LogP contribution in [0.15, 0.2) is 77.5 Å². The van der Waals surface area contributed by atoms with Crippen LogP contribution in [0.1, 0.15) is 11.5 Å². The maximum Gasteiger partial charge on any atom is 0.220 e. The normalized spacial score (nSPS) is 11.3. The van der Waals surface area contributed by atoms with Crippen molar-refractivity contribution >= 4 is 23.3 Å². The first-order valence-corrected chi connectivity index (χ1v) is 7.43. The van der Waals surface area contributed by atoms with Crippen molar-refractivity contribution in [2.24, 2.45) is 0 Å². The van der Waals surface area contributed by atoms with E-state index in [0.29, 0.717) is 5.89 Å². The van der Waals surface area contributed by atoms with Crippen LogP contribution >= 0.6 is 0 Å². The van der Waals surface area contributed by atoms with E-state index >= 15 is 0 Å². The van der Waals surface area contributed by atoms with Gasteiger partial charge in [0, 0.05) is 18.5 Å². The van der Waals surface area contributed by atoms with Crippen LogP contribution in [0.25, 0.3) is 34.4 Å². The summed E-state index contributed by atoms with van der Waals surface area (Å²) in [7, 11) is 0. The second kappa shape index (κ2) is 5.89. The van der Waals surface area contributed by atoms with Gasteiger partial charge in [-0.25, -0.2) is 4.98 Å². The Morgan fingerprint density at radius 1 is 0.826 bits per heavy atom. The minimum absolute atomic E-state index is 0.592. The minimum Gasteiger partial charge on any atom is -0.437 e. The van der Waals surface area contributed by atoms with Crippen LogP contribution in [0.2, 0.25) is 0 Å². The number of fused-ring (bicyclic) bond motifs is 1. The van der Waals surface area contributed by atoms with Crippen LogP contribution in [-0.4, -0.2) is 9.97 Å². The molecule has 2 heterocycles. The standard InChI is InChI=1S/C20H14N2O/c1-2-6-16(7-3-1)17-9-10-19-18(13-17)22-20(23-19)11-8-15-5-4-12-21-14-15/h1-14H/b11-8+. The number of pyridine rings is 1. The van der Waals surface area contributed by atoms with Gasteiger partial charge in [0.1, 0.15) is 5.52 Å². The number of nitrogens with zero attached hydrogens (tertiary/aromatic N) is 2. The zero-order valence-electron chi connectivity index (χ0n) is 12.4. The molecule has 0 spiro atoms. The van der Waals surface area contributed by atoms with E-state index in [2.05, 4.69) is 34.2 Å². The van der Waals surface area contributed by atoms with Crippen molar-refractivity contribution in [3.8, 4) is 11.1 Å². The van der Waals surface area contributed by atoms with Gasteiger partial charge in [-0.15, -0.1) is 0 Å². The highest BCUT2D eigenvalue weighted by molar-refractivity contribution is 5.81. The van der Waals surface area contributed by atoms with E-state index in [1.807, 2.05) is 48.6 Å². The lowest BCUT2D eigenvalue weighted by atomic mass is 10.1. The van der Waals surface area contributed by atoms with Crippen LogP contribution in [0, 0.1) is 0 Å². The summed E-state index contributed by atoms with van der Waals surface area (Å²) in [5.41, 5.74) is 4.96. The molecule has 0 aliphatic rings. The van der Waals surface area contributed by atoms with Crippen LogP contribution in [0.5, 0.6) is 0 Å². The summed E-state index contributed by atoms with van der Waals surface area (Å²) in [5.74, 6) is 0.592. The van der Waals surface area contributed by atoms with Gasteiger partial charge < -0.3 is 4.42 Å². The first kappa shape index (κ1) is 13.5. The Morgan fingerprint density at radius 2 is 1.74 bits per heavy atom. The molecule has 0 unspecified atom stereocenters. The molecule has 110 valence electrons. The van der Waals surface area contributed by atoms with Crippen molar-refractivity contribution in [3.05, 3.63) is 84.5 Å². The molecule has 4 rings (SSSR count). The lowest BCUT2D eigenvalue weighted by Gasteiger charge is -1.99. The molecule has 0 N–H and O–H groups in total. The van der Waals surface area contributed by atoms with Crippen LogP contribution in [0.3, 0.4) is 0 Å². The van der Waals surface area contributed by atoms with Crippen molar-refractivity contribution in [1.82, 2.24) is 9.97 Å². The second-order valence-electron chi connectivity index (χ2n) is 5.22. The molecule has 0 atom stereocenters. The van der Waals surface area contributed by atoms with E-state index in [1.165, 1.54) is 5.56 Å². The summed E-state index contributed by atoms with van der Waals surface area (Å²) in [6, 6.07) is 20.2. The third-order valence-electron chi connectivity index (χ3n) is 3.61. The van der Waals surface area contributed by atoms with E-state index < -0.39 is 0 Å². The van der Waals surface area contributed by atoms with E-state index in [4.69, 9.17) is 4.42 Å². The van der Waals surface area contributed by atoms with E-state index in [1.54, 1.807) is 12.4 Å². The molecule has 4 aromatic rings. The smallest absolute Gasteiger partial charge is 0.220 e. The Balaban J connectivity index is 1.67. The lowest BCUT2D eigenvalue weighted by Crippen LogP contribution is -1.77. The molecule has 0 bridgehead atoms. The van der Waals surface area contributed by atoms with E-state index in [9.17, 15) is 0 Å². The maximum atomic E-state index is 5.76. The fraction of sp³-hybridized carbons (Fsp3) is 0. The quantitative estimate of drug-likeness (QED) is 0.530. The predicted molar refractivity (Wildman–Crippen MR) is 92.6 cm³/mol. The number of hydrogen-bond donors (Lipinski definition) is 0. The summed E-state index contributed by atoms with van der Waals surface area (Å²) in [6.07, 6.45) is 7.35. The number of oxazole rings is 1. The predicted octanol–water partition coefficient (Wildman–Crippen LogP) is 5.06. The van der Waals surface area contributed by atoms with Crippen LogP contribution in [0.4, 0.5) is 0 Å². The van der Waals surface area contributed by atoms with Gasteiger partial charge in [0.05, 0.1) is 0 Å². The Labute approximate surface area is 134 Å². The van der Waals surface area contributed by atoms with Gasteiger partial charge in [0.15, 0.2) is 5.58 Å². The second-order valence-corrected chi connectivity index (χ2v) is 5.22. The van der Waals surface area contributed by atoms with Crippen molar-refractivity contribution in [2.45, 2.75) is 0 Å². The van der Waals surface area contributed by atoms with Gasteiger partial charge in [0.25, 0.3) is 0 Å². The average Bonchev–Trinajstić information content (AvgIpc) is 3.04. The van der Waals surface area contributed by atoms with Gasteiger partial charge >= 0.3 is 0 Å². The van der Waals surface area contributed by atoms with Crippen molar-refractivity contribution in [3.63, 3.8) is 0 Å². The van der Waals surface area contributed by atoms with Gasteiger partial charge in [-0.2, -0.15) is 0 Å². The van der Waals surface area contributed by atoms with Gasteiger partial charge in [-0.3, -0.25) is 4.98 Å². The largest absolute Gasteiger partial charge is 0.437 e. The maximum absolute atomic E-state index is 5.76. The molecular weight excluding hydrogens is 284 g/mol. The number of benzene rings is 2. The highest BCUT2D eigenvalue weighted by Crippen LogP contribution is 2.25. The van der Waals surface area contributed by atoms with Crippen molar-refractivity contribution < 1.29 is 4.42 Å². The molecule has 0 amide bonds. The average molecular weight is 298 g/mol. The fourth-order valence-electron chi connectivity index (χ4n) is 2.47. The van der Waals surface area contributed by atoms with Gasteiger partial charge in [0.2, 0.25) is 5.89 Å². The lowest BCUT2D eigenvalue weighted by molar-refractivity contribution is 0.590. The molecule has 0 radical (unpaired) electrons. The Kier molecular flexibility index (Phi) is 3.45. The minimum atomic E-state index is 0.592. The topological polar surface area (TPSA) is 38.9 Å². The highest BCUT2D eigenvalue weighted by atomic mass is 16.3. The summed E-state index contributed by atoms with van der Waals surface area (Å²) in [5, 5.41) is 0. The number of hydrogen-bond acceptors (Lipinski definition) is 3. The molecule has 23 heavy (non-hydrogen) atoms. The van der Waals surface area contributed by atoms with Crippen LogP contribution in [-0.2, 0) is 0 Å². The van der Waals surface area contributed by atoms with E-state index in [0.717, 1.165) is 22.2 Å². The van der Waals surface area contributed by atoms with Gasteiger partial charge in [-0.05, 0) is 41.0 Å². The summed E-state index contributed by atoms with van der Waals surface area (Å²) >= 11 is 0. The Hall–Kier alpha value is -3.20. The fourth-order valence-corrected chi connectivity index (χ4v) is 2.47. The molecule has 3 heteroatoms. The molecule has 2 aromatic heterocycles. The van der Waals surface area contributed by atoms with Crippen molar-refractivity contribution in [2.75, 3.05) is 0 Å². The molecule has 0 aliphatic carbocycles. The molecule has 0 fully saturated rings. The first-order valence-electron chi connectivity index (χ1n) is 7.43. The number of rotatable bonds is 3. The third kappa shape index (κ3) is 2.90. The molecule has 3 nitrogen and oxygen atoms in total. The molecule has 2 aromatic carbocycles. The van der Waals surface area contributed by atoms with E-state index in [-0.39, 0.29) is 0 Å². The van der Waals surface area contributed by atoms with Gasteiger partial charge in [-0.1, -0.05) is 42.5 Å². The Morgan fingerprint density at radius 3 is 2.57 bits per heavy atom. The summed E-state index contributed by atoms with van der Waals surface area (Å²) in [6.45, 7) is 0. The zero-order valence-corrected chi connectivity index (χ0v) is 12.4. The molecular formula is C20H14N2O. The SMILES string of the molecule is C(=C\c1nc2cc(-c3ccccc3)ccc2o1)/c1cccnc1.